The Morgan fingerprint density at radius 1 is 0.370 bits per heavy atom. The lowest BCUT2D eigenvalue weighted by molar-refractivity contribution is 0.775. The third-order valence-electron chi connectivity index (χ3n) is 8.48. The normalized spacial score (nSPS) is 11.9. The average molecular weight is 593 g/mol. The predicted octanol–water partition coefficient (Wildman–Crippen LogP) is 7.01. The van der Waals surface area contributed by atoms with Crippen molar-refractivity contribution in [2.75, 3.05) is 0 Å². The maximum Gasteiger partial charge on any atom is 0.198 e. The molecule has 0 saturated heterocycles. The maximum atomic E-state index is 4.92. The molecule has 0 bridgehead atoms. The van der Waals surface area contributed by atoms with Crippen molar-refractivity contribution in [3.05, 3.63) is 122 Å². The molecule has 6 heterocycles. The number of hydrogen-bond acceptors (Lipinski definition) is 8. The van der Waals surface area contributed by atoms with Gasteiger partial charge in [-0.05, 0) is 12.1 Å². The summed E-state index contributed by atoms with van der Waals surface area (Å²) in [5.41, 5.74) is 9.37. The van der Waals surface area contributed by atoms with Crippen LogP contribution in [0, 0.1) is 0 Å². The largest absolute Gasteiger partial charge is 0.247 e. The molecule has 6 aromatic heterocycles. The number of fused-ring (bicyclic) bond motifs is 8. The Morgan fingerprint density at radius 3 is 1.26 bits per heavy atom. The van der Waals surface area contributed by atoms with Gasteiger partial charge in [0.25, 0.3) is 0 Å². The first kappa shape index (κ1) is 24.7. The average Bonchev–Trinajstić information content (AvgIpc) is 3.64. The predicted molar refractivity (Wildman–Crippen MR) is 178 cm³/mol. The van der Waals surface area contributed by atoms with Crippen LogP contribution in [-0.4, -0.2) is 49.2 Å². The summed E-state index contributed by atoms with van der Waals surface area (Å²) in [6.07, 6.45) is 10.1. The SMILES string of the molecule is c1ccc2c(c1)c1cccc(-c3cnc4nccnc4n3)c1n2-n1c2ccccc2c2cccc(-c3cnc4nccnc4n3)c21. The second kappa shape index (κ2) is 9.41. The molecule has 0 unspecified atom stereocenters. The summed E-state index contributed by atoms with van der Waals surface area (Å²) < 4.78 is 4.59. The minimum Gasteiger partial charge on any atom is -0.247 e. The number of aromatic nitrogens is 10. The van der Waals surface area contributed by atoms with Gasteiger partial charge in [0.15, 0.2) is 22.6 Å². The molecular formula is C36H20N10. The van der Waals surface area contributed by atoms with Gasteiger partial charge in [-0.2, -0.15) is 0 Å². The van der Waals surface area contributed by atoms with Crippen molar-refractivity contribution in [2.45, 2.75) is 0 Å². The highest BCUT2D eigenvalue weighted by Gasteiger charge is 2.23. The molecule has 0 spiro atoms. The third kappa shape index (κ3) is 3.46. The first-order valence-electron chi connectivity index (χ1n) is 14.8. The summed E-state index contributed by atoms with van der Waals surface area (Å²) in [4.78, 5) is 36.6. The van der Waals surface area contributed by atoms with Crippen LogP contribution in [0.1, 0.15) is 0 Å². The van der Waals surface area contributed by atoms with Crippen LogP contribution in [0.4, 0.5) is 0 Å². The Balaban J connectivity index is 1.38. The zero-order valence-corrected chi connectivity index (χ0v) is 24.0. The first-order valence-corrected chi connectivity index (χ1v) is 14.8. The highest BCUT2D eigenvalue weighted by atomic mass is 15.5. The van der Waals surface area contributed by atoms with E-state index in [2.05, 4.69) is 124 Å². The molecule has 214 valence electrons. The van der Waals surface area contributed by atoms with E-state index in [1.807, 2.05) is 0 Å². The van der Waals surface area contributed by atoms with Crippen LogP contribution in [-0.2, 0) is 0 Å². The summed E-state index contributed by atoms with van der Waals surface area (Å²) in [7, 11) is 0. The van der Waals surface area contributed by atoms with Gasteiger partial charge in [-0.25, -0.2) is 49.2 Å². The summed E-state index contributed by atoms with van der Waals surface area (Å²) >= 11 is 0. The van der Waals surface area contributed by atoms with Crippen molar-refractivity contribution in [1.29, 1.82) is 0 Å². The Bertz CT molecular complexity index is 2640. The van der Waals surface area contributed by atoms with E-state index in [0.717, 1.165) is 54.7 Å². The molecule has 0 atom stereocenters. The van der Waals surface area contributed by atoms with E-state index in [1.165, 1.54) is 0 Å². The molecule has 10 heteroatoms. The van der Waals surface area contributed by atoms with Crippen molar-refractivity contribution in [1.82, 2.24) is 49.2 Å². The molecule has 0 aliphatic rings. The second-order valence-corrected chi connectivity index (χ2v) is 11.0. The Kier molecular flexibility index (Phi) is 5.06. The number of hydrogen-bond donors (Lipinski definition) is 0. The minimum absolute atomic E-state index is 0.497. The van der Waals surface area contributed by atoms with Crippen molar-refractivity contribution >= 4 is 66.2 Å². The number of nitrogens with zero attached hydrogens (tertiary/aromatic N) is 10. The Hall–Kier alpha value is -6.68. The molecule has 10 aromatic rings. The molecule has 46 heavy (non-hydrogen) atoms. The molecule has 0 saturated carbocycles. The van der Waals surface area contributed by atoms with E-state index in [9.17, 15) is 0 Å². The first-order chi connectivity index (χ1) is 22.8. The van der Waals surface area contributed by atoms with Gasteiger partial charge in [0, 0.05) is 57.5 Å². The van der Waals surface area contributed by atoms with Crippen molar-refractivity contribution in [2.24, 2.45) is 0 Å². The van der Waals surface area contributed by atoms with Gasteiger partial charge in [0.1, 0.15) is 0 Å². The van der Waals surface area contributed by atoms with Gasteiger partial charge in [0.2, 0.25) is 0 Å². The van der Waals surface area contributed by atoms with Crippen LogP contribution in [0.2, 0.25) is 0 Å². The lowest BCUT2D eigenvalue weighted by Gasteiger charge is -2.17. The van der Waals surface area contributed by atoms with Crippen LogP contribution in [0.3, 0.4) is 0 Å². The lowest BCUT2D eigenvalue weighted by atomic mass is 10.1. The Labute approximate surface area is 259 Å². The highest BCUT2D eigenvalue weighted by molar-refractivity contribution is 6.16. The molecule has 10 rings (SSSR count). The zero-order valence-electron chi connectivity index (χ0n) is 24.0. The van der Waals surface area contributed by atoms with E-state index in [-0.39, 0.29) is 0 Å². The van der Waals surface area contributed by atoms with Crippen LogP contribution in [0.5, 0.6) is 0 Å². The maximum absolute atomic E-state index is 4.92. The number of benzene rings is 4. The van der Waals surface area contributed by atoms with E-state index in [1.54, 1.807) is 37.2 Å². The standard InChI is InChI=1S/C36H20N10/c1-3-13-29-21(7-1)23-9-5-11-25(27-19-41-33-35(43-27)39-17-15-37-33)31(23)45(29)46-30-14-4-2-8-22(30)24-10-6-12-26(32(24)46)28-20-42-34-36(44-28)40-18-16-38-34/h1-20H. The van der Waals surface area contributed by atoms with Crippen LogP contribution in [0.25, 0.3) is 88.7 Å². The van der Waals surface area contributed by atoms with Gasteiger partial charge in [-0.15, -0.1) is 0 Å². The highest BCUT2D eigenvalue weighted by Crippen LogP contribution is 2.41. The van der Waals surface area contributed by atoms with Crippen LogP contribution in [0.15, 0.2) is 122 Å². The smallest absolute Gasteiger partial charge is 0.198 e. The third-order valence-corrected chi connectivity index (χ3v) is 8.48. The van der Waals surface area contributed by atoms with E-state index < -0.39 is 0 Å². The lowest BCUT2D eigenvalue weighted by Crippen LogP contribution is -2.10. The van der Waals surface area contributed by atoms with Gasteiger partial charge >= 0.3 is 0 Å². The molecule has 0 radical (unpaired) electrons. The molecule has 0 N–H and O–H groups in total. The quantitative estimate of drug-likeness (QED) is 0.215. The molecular weight excluding hydrogens is 572 g/mol. The molecule has 10 nitrogen and oxygen atoms in total. The van der Waals surface area contributed by atoms with Gasteiger partial charge in [0.05, 0.1) is 45.8 Å². The molecule has 0 aliphatic heterocycles. The Morgan fingerprint density at radius 2 is 0.783 bits per heavy atom. The van der Waals surface area contributed by atoms with Crippen molar-refractivity contribution in [3.63, 3.8) is 0 Å². The van der Waals surface area contributed by atoms with E-state index in [0.29, 0.717) is 34.0 Å². The van der Waals surface area contributed by atoms with E-state index in [4.69, 9.17) is 9.97 Å². The summed E-state index contributed by atoms with van der Waals surface area (Å²) in [5.74, 6) is 0. The molecule has 0 fully saturated rings. The van der Waals surface area contributed by atoms with Crippen LogP contribution < -0.4 is 0 Å². The number of rotatable bonds is 3. The van der Waals surface area contributed by atoms with E-state index >= 15 is 0 Å². The van der Waals surface area contributed by atoms with Crippen molar-refractivity contribution in [3.8, 4) is 22.5 Å². The fourth-order valence-electron chi connectivity index (χ4n) is 6.60. The fourth-order valence-corrected chi connectivity index (χ4v) is 6.60. The second-order valence-electron chi connectivity index (χ2n) is 11.0. The monoisotopic (exact) mass is 592 g/mol. The van der Waals surface area contributed by atoms with Gasteiger partial charge in [-0.1, -0.05) is 72.8 Å². The van der Waals surface area contributed by atoms with Crippen molar-refractivity contribution < 1.29 is 0 Å². The topological polar surface area (TPSA) is 113 Å². The van der Waals surface area contributed by atoms with Gasteiger partial charge in [-0.3, -0.25) is 0 Å². The molecule has 4 aromatic carbocycles. The zero-order chi connectivity index (χ0) is 30.2. The number of para-hydroxylation sites is 4. The summed E-state index contributed by atoms with van der Waals surface area (Å²) in [5, 5.41) is 4.44. The fraction of sp³-hybridized carbons (Fsp3) is 0. The molecule has 0 amide bonds. The molecule has 0 aliphatic carbocycles. The summed E-state index contributed by atoms with van der Waals surface area (Å²) in [6.45, 7) is 0. The summed E-state index contributed by atoms with van der Waals surface area (Å²) in [6, 6.07) is 29.6. The van der Waals surface area contributed by atoms with Crippen LogP contribution >= 0.6 is 0 Å². The van der Waals surface area contributed by atoms with Gasteiger partial charge < -0.3 is 0 Å². The minimum atomic E-state index is 0.497.